The average molecular weight is 449 g/mol. The fraction of sp³-hybridized carbons (Fsp3) is 0.167. The van der Waals surface area contributed by atoms with Crippen LogP contribution < -0.4 is 10.2 Å². The number of nitrogens with one attached hydrogen (secondary N) is 1. The topological polar surface area (TPSA) is 92.8 Å². The molecular formula is C24H20N2O5S. The molecule has 2 aromatic carbocycles. The lowest BCUT2D eigenvalue weighted by Crippen LogP contribution is -2.30. The molecule has 8 heteroatoms. The molecular weight excluding hydrogens is 428 g/mol. The molecule has 162 valence electrons. The number of amides is 3. The maximum absolute atomic E-state index is 13.0. The average Bonchev–Trinajstić information content (AvgIpc) is 3.39. The lowest BCUT2D eigenvalue weighted by atomic mass is 10.1. The minimum absolute atomic E-state index is 0.0961. The Morgan fingerprint density at radius 1 is 1.00 bits per heavy atom. The van der Waals surface area contributed by atoms with Crippen molar-refractivity contribution < 1.29 is 23.9 Å². The van der Waals surface area contributed by atoms with Gasteiger partial charge in [0.25, 0.3) is 17.7 Å². The Morgan fingerprint density at radius 2 is 1.78 bits per heavy atom. The molecule has 0 saturated carbocycles. The smallest absolute Gasteiger partial charge is 0.338 e. The number of carbonyl (C=O) groups is 4. The molecule has 0 aliphatic carbocycles. The number of carbonyl (C=O) groups excluding carboxylic acids is 4. The van der Waals surface area contributed by atoms with Crippen LogP contribution in [-0.4, -0.2) is 30.3 Å². The lowest BCUT2D eigenvalue weighted by Gasteiger charge is -2.17. The molecule has 0 fully saturated rings. The first kappa shape index (κ1) is 21.5. The zero-order valence-corrected chi connectivity index (χ0v) is 18.3. The second kappa shape index (κ2) is 8.76. The first-order valence-electron chi connectivity index (χ1n) is 9.91. The molecule has 32 heavy (non-hydrogen) atoms. The van der Waals surface area contributed by atoms with E-state index in [2.05, 4.69) is 5.32 Å². The van der Waals surface area contributed by atoms with Gasteiger partial charge in [-0.2, -0.15) is 0 Å². The minimum atomic E-state index is -0.746. The molecule has 0 saturated heterocycles. The van der Waals surface area contributed by atoms with Gasteiger partial charge in [-0.25, -0.2) is 9.69 Å². The summed E-state index contributed by atoms with van der Waals surface area (Å²) in [6, 6.07) is 13.5. The molecule has 0 atom stereocenters. The van der Waals surface area contributed by atoms with E-state index in [9.17, 15) is 19.2 Å². The summed E-state index contributed by atoms with van der Waals surface area (Å²) < 4.78 is 5.07. The highest BCUT2D eigenvalue weighted by Gasteiger charge is 2.38. The molecule has 7 nitrogen and oxygen atoms in total. The van der Waals surface area contributed by atoms with Crippen LogP contribution in [0.5, 0.6) is 0 Å². The number of aryl methyl sites for hydroxylation is 2. The van der Waals surface area contributed by atoms with E-state index >= 15 is 0 Å². The summed E-state index contributed by atoms with van der Waals surface area (Å²) in [6.07, 6.45) is 0. The molecule has 4 rings (SSSR count). The van der Waals surface area contributed by atoms with Crippen LogP contribution in [0, 0.1) is 13.8 Å². The number of hydrogen-bond acceptors (Lipinski definition) is 6. The molecule has 1 N–H and O–H groups in total. The van der Waals surface area contributed by atoms with E-state index in [1.165, 1.54) is 29.5 Å². The predicted molar refractivity (Wildman–Crippen MR) is 120 cm³/mol. The van der Waals surface area contributed by atoms with Gasteiger partial charge in [0, 0.05) is 4.88 Å². The highest BCUT2D eigenvalue weighted by atomic mass is 32.1. The first-order valence-corrected chi connectivity index (χ1v) is 10.8. The number of nitrogens with zero attached hydrogens (tertiary/aromatic N) is 1. The van der Waals surface area contributed by atoms with Crippen LogP contribution in [0.1, 0.15) is 47.1 Å². The molecule has 1 aliphatic heterocycles. The monoisotopic (exact) mass is 448 g/mol. The standard InChI is InChI=1S/C24H20N2O5S/c1-14-5-6-15(2)20(10-14)26-22(28)18-8-7-16(11-19(18)23(26)29)24(30)31-13-21(27)25-12-17-4-3-9-32-17/h3-11H,12-13H2,1-2H3,(H,25,27). The summed E-state index contributed by atoms with van der Waals surface area (Å²) >= 11 is 1.51. The Balaban J connectivity index is 1.45. The largest absolute Gasteiger partial charge is 0.452 e. The van der Waals surface area contributed by atoms with E-state index in [0.717, 1.165) is 20.9 Å². The summed E-state index contributed by atoms with van der Waals surface area (Å²) in [4.78, 5) is 52.3. The molecule has 1 aliphatic rings. The van der Waals surface area contributed by atoms with E-state index < -0.39 is 30.3 Å². The molecule has 0 radical (unpaired) electrons. The number of ether oxygens (including phenoxy) is 1. The van der Waals surface area contributed by atoms with Crippen LogP contribution >= 0.6 is 11.3 Å². The van der Waals surface area contributed by atoms with Crippen molar-refractivity contribution >= 4 is 40.7 Å². The van der Waals surface area contributed by atoms with Crippen LogP contribution in [0.15, 0.2) is 53.9 Å². The Morgan fingerprint density at radius 3 is 2.53 bits per heavy atom. The van der Waals surface area contributed by atoms with Crippen LogP contribution in [0.2, 0.25) is 0 Å². The molecule has 2 heterocycles. The maximum Gasteiger partial charge on any atom is 0.338 e. The van der Waals surface area contributed by atoms with E-state index in [4.69, 9.17) is 4.74 Å². The number of rotatable bonds is 6. The number of hydrogen-bond donors (Lipinski definition) is 1. The molecule has 1 aromatic heterocycles. The van der Waals surface area contributed by atoms with Crippen LogP contribution in [0.3, 0.4) is 0 Å². The van der Waals surface area contributed by atoms with Gasteiger partial charge in [0.05, 0.1) is 28.9 Å². The van der Waals surface area contributed by atoms with Crippen molar-refractivity contribution in [2.45, 2.75) is 20.4 Å². The third kappa shape index (κ3) is 4.17. The van der Waals surface area contributed by atoms with Crippen molar-refractivity contribution in [3.63, 3.8) is 0 Å². The van der Waals surface area contributed by atoms with Gasteiger partial charge >= 0.3 is 5.97 Å². The highest BCUT2D eigenvalue weighted by Crippen LogP contribution is 2.31. The van der Waals surface area contributed by atoms with Gasteiger partial charge in [-0.1, -0.05) is 18.2 Å². The van der Waals surface area contributed by atoms with E-state index in [1.54, 1.807) is 6.07 Å². The number of fused-ring (bicyclic) bond motifs is 1. The van der Waals surface area contributed by atoms with E-state index in [0.29, 0.717) is 12.2 Å². The Bertz CT molecular complexity index is 1230. The van der Waals surface area contributed by atoms with Crippen molar-refractivity contribution in [2.24, 2.45) is 0 Å². The number of anilines is 1. The second-order valence-corrected chi connectivity index (χ2v) is 8.46. The van der Waals surface area contributed by atoms with Gasteiger partial charge in [0.2, 0.25) is 0 Å². The summed E-state index contributed by atoms with van der Waals surface area (Å²) in [5.74, 6) is -2.11. The summed E-state index contributed by atoms with van der Waals surface area (Å²) in [5.41, 5.74) is 2.68. The summed E-state index contributed by atoms with van der Waals surface area (Å²) in [6.45, 7) is 3.62. The fourth-order valence-corrected chi connectivity index (χ4v) is 4.06. The predicted octanol–water partition coefficient (Wildman–Crippen LogP) is 3.64. The van der Waals surface area contributed by atoms with Crippen molar-refractivity contribution in [2.75, 3.05) is 11.5 Å². The van der Waals surface area contributed by atoms with Crippen LogP contribution in [-0.2, 0) is 16.1 Å². The van der Waals surface area contributed by atoms with Gasteiger partial charge < -0.3 is 10.1 Å². The third-order valence-electron chi connectivity index (χ3n) is 5.10. The number of benzene rings is 2. The van der Waals surface area contributed by atoms with E-state index in [-0.39, 0.29) is 16.7 Å². The Hall–Kier alpha value is -3.78. The third-order valence-corrected chi connectivity index (χ3v) is 5.98. The van der Waals surface area contributed by atoms with Gasteiger partial charge in [-0.05, 0) is 60.7 Å². The Labute approximate surface area is 188 Å². The SMILES string of the molecule is Cc1ccc(C)c(N2C(=O)c3ccc(C(=O)OCC(=O)NCc4cccs4)cc3C2=O)c1. The molecule has 0 bridgehead atoms. The van der Waals surface area contributed by atoms with Crippen molar-refractivity contribution in [1.29, 1.82) is 0 Å². The maximum atomic E-state index is 13.0. The van der Waals surface area contributed by atoms with Crippen molar-refractivity contribution in [3.05, 3.63) is 86.6 Å². The van der Waals surface area contributed by atoms with Gasteiger partial charge in [0.1, 0.15) is 0 Å². The molecule has 0 spiro atoms. The zero-order chi connectivity index (χ0) is 22.8. The van der Waals surface area contributed by atoms with Crippen LogP contribution in [0.4, 0.5) is 5.69 Å². The summed E-state index contributed by atoms with van der Waals surface area (Å²) in [5, 5.41) is 4.57. The fourth-order valence-electron chi connectivity index (χ4n) is 3.41. The van der Waals surface area contributed by atoms with Crippen LogP contribution in [0.25, 0.3) is 0 Å². The van der Waals surface area contributed by atoms with E-state index in [1.807, 2.05) is 43.5 Å². The van der Waals surface area contributed by atoms with Crippen molar-refractivity contribution in [1.82, 2.24) is 5.32 Å². The Kier molecular flexibility index (Phi) is 5.87. The van der Waals surface area contributed by atoms with Crippen molar-refractivity contribution in [3.8, 4) is 0 Å². The normalized spacial score (nSPS) is 12.6. The second-order valence-electron chi connectivity index (χ2n) is 7.43. The summed E-state index contributed by atoms with van der Waals surface area (Å²) in [7, 11) is 0. The molecule has 3 aromatic rings. The number of thiophene rings is 1. The molecule has 3 amide bonds. The van der Waals surface area contributed by atoms with Gasteiger partial charge in [-0.15, -0.1) is 11.3 Å². The van der Waals surface area contributed by atoms with Gasteiger partial charge in [0.15, 0.2) is 6.61 Å². The number of esters is 1. The highest BCUT2D eigenvalue weighted by molar-refractivity contribution is 7.09. The van der Waals surface area contributed by atoms with Gasteiger partial charge in [-0.3, -0.25) is 14.4 Å². The molecule has 0 unspecified atom stereocenters. The quantitative estimate of drug-likeness (QED) is 0.459. The zero-order valence-electron chi connectivity index (χ0n) is 17.5. The lowest BCUT2D eigenvalue weighted by molar-refractivity contribution is -0.124. The minimum Gasteiger partial charge on any atom is -0.452 e. The first-order chi connectivity index (χ1) is 15.3. The number of imide groups is 1.